The molecule has 7 rings (SSSR count). The van der Waals surface area contributed by atoms with Crippen molar-refractivity contribution in [2.45, 2.75) is 6.42 Å². The Morgan fingerprint density at radius 2 is 1.57 bits per heavy atom. The zero-order chi connectivity index (χ0) is 19.0. The molecule has 1 heterocycles. The SMILES string of the molecule is O=C(CN1C(=O)[C@@H]2[C@H]3C=C[C@@H]([C@@H]4C[C@@H]34)[C@H]2C1=O)Nc1cccc2ccccc12. The topological polar surface area (TPSA) is 66.5 Å². The van der Waals surface area contributed by atoms with E-state index >= 15 is 0 Å². The number of benzene rings is 2. The summed E-state index contributed by atoms with van der Waals surface area (Å²) in [6, 6.07) is 13.5. The van der Waals surface area contributed by atoms with Crippen LogP contribution in [0.1, 0.15) is 6.42 Å². The number of hydrogen-bond acceptors (Lipinski definition) is 3. The Labute approximate surface area is 162 Å². The molecule has 0 aromatic heterocycles. The van der Waals surface area contributed by atoms with Crippen LogP contribution in [0.2, 0.25) is 0 Å². The van der Waals surface area contributed by atoms with Gasteiger partial charge in [-0.2, -0.15) is 0 Å². The maximum Gasteiger partial charge on any atom is 0.244 e. The third kappa shape index (κ3) is 2.10. The van der Waals surface area contributed by atoms with Crippen LogP contribution < -0.4 is 5.32 Å². The molecule has 0 unspecified atom stereocenters. The molecule has 4 aliphatic carbocycles. The van der Waals surface area contributed by atoms with Gasteiger partial charge in [-0.05, 0) is 41.5 Å². The summed E-state index contributed by atoms with van der Waals surface area (Å²) in [6.45, 7) is -0.206. The average molecular weight is 372 g/mol. The van der Waals surface area contributed by atoms with E-state index in [1.807, 2.05) is 42.5 Å². The van der Waals surface area contributed by atoms with Crippen LogP contribution in [0, 0.1) is 35.5 Å². The summed E-state index contributed by atoms with van der Waals surface area (Å²) in [5.74, 6) is 0.344. The lowest BCUT2D eigenvalue weighted by molar-refractivity contribution is -0.142. The highest BCUT2D eigenvalue weighted by Gasteiger charge is 2.67. The van der Waals surface area contributed by atoms with Crippen LogP contribution in [-0.2, 0) is 14.4 Å². The van der Waals surface area contributed by atoms with Gasteiger partial charge in [-0.1, -0.05) is 48.6 Å². The molecule has 1 N–H and O–H groups in total. The first kappa shape index (κ1) is 16.0. The number of fused-ring (bicyclic) bond motifs is 1. The second kappa shape index (κ2) is 5.53. The van der Waals surface area contributed by atoms with Gasteiger partial charge in [-0.3, -0.25) is 19.3 Å². The van der Waals surface area contributed by atoms with Crippen molar-refractivity contribution >= 4 is 34.2 Å². The van der Waals surface area contributed by atoms with E-state index in [0.717, 1.165) is 17.2 Å². The van der Waals surface area contributed by atoms with Crippen molar-refractivity contribution in [1.29, 1.82) is 0 Å². The lowest BCUT2D eigenvalue weighted by atomic mass is 9.63. The summed E-state index contributed by atoms with van der Waals surface area (Å²) >= 11 is 0. The molecule has 5 nitrogen and oxygen atoms in total. The minimum absolute atomic E-state index is 0.159. The minimum Gasteiger partial charge on any atom is -0.324 e. The molecule has 0 radical (unpaired) electrons. The molecule has 3 amide bonds. The number of hydrogen-bond donors (Lipinski definition) is 1. The monoisotopic (exact) mass is 372 g/mol. The number of rotatable bonds is 3. The van der Waals surface area contributed by atoms with Crippen molar-refractivity contribution in [3.05, 3.63) is 54.6 Å². The third-order valence-electron chi connectivity index (χ3n) is 7.12. The minimum atomic E-state index is -0.331. The maximum atomic E-state index is 13.0. The average Bonchev–Trinajstić information content (AvgIpc) is 3.49. The highest BCUT2D eigenvalue weighted by atomic mass is 16.2. The van der Waals surface area contributed by atoms with Crippen LogP contribution >= 0.6 is 0 Å². The molecule has 2 aromatic carbocycles. The second-order valence-corrected chi connectivity index (χ2v) is 8.49. The Bertz CT molecular complexity index is 1030. The first-order valence-electron chi connectivity index (χ1n) is 9.94. The predicted molar refractivity (Wildman–Crippen MR) is 104 cm³/mol. The van der Waals surface area contributed by atoms with Gasteiger partial charge in [0.05, 0.1) is 11.8 Å². The quantitative estimate of drug-likeness (QED) is 0.666. The van der Waals surface area contributed by atoms with Crippen molar-refractivity contribution in [2.24, 2.45) is 35.5 Å². The number of amides is 3. The van der Waals surface area contributed by atoms with Gasteiger partial charge in [0.15, 0.2) is 0 Å². The van der Waals surface area contributed by atoms with Crippen molar-refractivity contribution in [2.75, 3.05) is 11.9 Å². The molecule has 1 saturated heterocycles. The van der Waals surface area contributed by atoms with E-state index in [1.165, 1.54) is 4.90 Å². The summed E-state index contributed by atoms with van der Waals surface area (Å²) in [5, 5.41) is 4.86. The van der Waals surface area contributed by atoms with Crippen molar-refractivity contribution in [1.82, 2.24) is 4.90 Å². The van der Waals surface area contributed by atoms with Crippen LogP contribution in [0.5, 0.6) is 0 Å². The van der Waals surface area contributed by atoms with Gasteiger partial charge in [-0.15, -0.1) is 0 Å². The van der Waals surface area contributed by atoms with Crippen LogP contribution in [-0.4, -0.2) is 29.2 Å². The first-order chi connectivity index (χ1) is 13.6. The molecule has 28 heavy (non-hydrogen) atoms. The number of anilines is 1. The van der Waals surface area contributed by atoms with Gasteiger partial charge in [0.2, 0.25) is 17.7 Å². The maximum absolute atomic E-state index is 13.0. The van der Waals surface area contributed by atoms with Crippen LogP contribution in [0.25, 0.3) is 10.8 Å². The molecular formula is C23H20N2O3. The van der Waals surface area contributed by atoms with Gasteiger partial charge >= 0.3 is 0 Å². The largest absolute Gasteiger partial charge is 0.324 e. The van der Waals surface area contributed by atoms with Gasteiger partial charge in [-0.25, -0.2) is 0 Å². The normalized spacial score (nSPS) is 34.5. The molecule has 2 aromatic rings. The van der Waals surface area contributed by atoms with Crippen molar-refractivity contribution in [3.8, 4) is 0 Å². The molecule has 2 saturated carbocycles. The Balaban J connectivity index is 1.23. The number of nitrogens with zero attached hydrogens (tertiary/aromatic N) is 1. The lowest BCUT2D eigenvalue weighted by Gasteiger charge is -2.37. The second-order valence-electron chi connectivity index (χ2n) is 8.49. The molecule has 140 valence electrons. The van der Waals surface area contributed by atoms with Gasteiger partial charge in [0.25, 0.3) is 0 Å². The Kier molecular flexibility index (Phi) is 3.17. The van der Waals surface area contributed by atoms with E-state index in [0.29, 0.717) is 17.5 Å². The summed E-state index contributed by atoms with van der Waals surface area (Å²) in [6.07, 6.45) is 5.42. The molecule has 5 heteroatoms. The van der Waals surface area contributed by atoms with E-state index in [1.54, 1.807) is 0 Å². The van der Waals surface area contributed by atoms with E-state index in [9.17, 15) is 14.4 Å². The third-order valence-corrected chi connectivity index (χ3v) is 7.12. The molecule has 1 aliphatic heterocycles. The standard InChI is InChI=1S/C23H20N2O3/c26-19(24-18-7-3-5-12-4-1-2-6-13(12)18)11-25-22(27)20-14-8-9-15(17-10-16(14)17)21(20)23(25)28/h1-9,14-17,20-21H,10-11H2,(H,24,26)/t14-,15-,16-,17-,20+,21+/m0/s1. The molecule has 2 bridgehead atoms. The van der Waals surface area contributed by atoms with E-state index < -0.39 is 0 Å². The van der Waals surface area contributed by atoms with Crippen LogP contribution in [0.4, 0.5) is 5.69 Å². The molecule has 3 fully saturated rings. The highest BCUT2D eigenvalue weighted by molar-refractivity contribution is 6.10. The summed E-state index contributed by atoms with van der Waals surface area (Å²) in [5.41, 5.74) is 0.697. The zero-order valence-corrected chi connectivity index (χ0v) is 15.2. The van der Waals surface area contributed by atoms with Crippen molar-refractivity contribution in [3.63, 3.8) is 0 Å². The fourth-order valence-electron chi connectivity index (χ4n) is 5.84. The molecular weight excluding hydrogens is 352 g/mol. The zero-order valence-electron chi connectivity index (χ0n) is 15.2. The fourth-order valence-corrected chi connectivity index (χ4v) is 5.84. The smallest absolute Gasteiger partial charge is 0.244 e. The predicted octanol–water partition coefficient (Wildman–Crippen LogP) is 2.83. The number of nitrogens with one attached hydrogen (secondary N) is 1. The van der Waals surface area contributed by atoms with Gasteiger partial charge in [0, 0.05) is 11.1 Å². The number of likely N-dealkylation sites (tertiary alicyclic amines) is 1. The molecule has 6 atom stereocenters. The van der Waals surface area contributed by atoms with E-state index in [2.05, 4.69) is 17.5 Å². The Morgan fingerprint density at radius 1 is 0.929 bits per heavy atom. The van der Waals surface area contributed by atoms with E-state index in [-0.39, 0.29) is 47.9 Å². The fraction of sp³-hybridized carbons (Fsp3) is 0.348. The number of imide groups is 1. The molecule has 5 aliphatic rings. The molecule has 0 spiro atoms. The summed E-state index contributed by atoms with van der Waals surface area (Å²) in [4.78, 5) is 39.9. The number of allylic oxidation sites excluding steroid dienone is 2. The summed E-state index contributed by atoms with van der Waals surface area (Å²) < 4.78 is 0. The Morgan fingerprint density at radius 3 is 2.29 bits per heavy atom. The van der Waals surface area contributed by atoms with Crippen LogP contribution in [0.3, 0.4) is 0 Å². The van der Waals surface area contributed by atoms with E-state index in [4.69, 9.17) is 0 Å². The lowest BCUT2D eigenvalue weighted by Crippen LogP contribution is -2.40. The Hall–Kier alpha value is -2.95. The summed E-state index contributed by atoms with van der Waals surface area (Å²) in [7, 11) is 0. The highest BCUT2D eigenvalue weighted by Crippen LogP contribution is 2.65. The number of carbonyl (C=O) groups is 3. The van der Waals surface area contributed by atoms with Crippen LogP contribution in [0.15, 0.2) is 54.6 Å². The van der Waals surface area contributed by atoms with Gasteiger partial charge < -0.3 is 5.32 Å². The number of carbonyl (C=O) groups excluding carboxylic acids is 3. The van der Waals surface area contributed by atoms with Gasteiger partial charge in [0.1, 0.15) is 6.54 Å². The first-order valence-corrected chi connectivity index (χ1v) is 9.94. The van der Waals surface area contributed by atoms with Crippen molar-refractivity contribution < 1.29 is 14.4 Å².